The highest BCUT2D eigenvalue weighted by molar-refractivity contribution is 6.01. The first kappa shape index (κ1) is 43.6. The third-order valence-corrected chi connectivity index (χ3v) is 17.4. The molecule has 7 fully saturated rings. The summed E-state index contributed by atoms with van der Waals surface area (Å²) in [7, 11) is 0. The SMILES string of the molecule is C=C1/C(=C\C=C2/CCC[C@]3(C)[C@@H]([C@H](C)/C=C/[C@@H](O)C4CC4)CC[C@@H]23)C[C@@H](O)C[C@@H]1O.C[C@H]1C[C@H]2[C@@H]3CCC4=CC(=O)C=C[C@]4(C)[C@@]3(F)[C@@H](O)C[C@]2(C)[C@@]1(O)C(=O)CO. The number of fused-ring (bicyclic) bond motifs is 6. The Morgan fingerprint density at radius 2 is 1.74 bits per heavy atom. The molecule has 320 valence electrons. The summed E-state index contributed by atoms with van der Waals surface area (Å²) in [5, 5.41) is 62.3. The van der Waals surface area contributed by atoms with Gasteiger partial charge in [-0.3, -0.25) is 9.59 Å². The first-order chi connectivity index (χ1) is 27.3. The van der Waals surface area contributed by atoms with Crippen molar-refractivity contribution in [2.75, 3.05) is 6.61 Å². The zero-order valence-corrected chi connectivity index (χ0v) is 35.4. The maximum Gasteiger partial charge on any atom is 0.190 e. The molecule has 0 radical (unpaired) electrons. The van der Waals surface area contributed by atoms with Crippen LogP contribution in [0, 0.1) is 57.7 Å². The summed E-state index contributed by atoms with van der Waals surface area (Å²) in [6.07, 6.45) is 21.4. The molecule has 8 rings (SSSR count). The quantitative estimate of drug-likeness (QED) is 0.151. The maximum atomic E-state index is 16.9. The van der Waals surface area contributed by atoms with Crippen molar-refractivity contribution in [2.24, 2.45) is 57.7 Å². The third kappa shape index (κ3) is 6.86. The van der Waals surface area contributed by atoms with E-state index in [4.69, 9.17) is 0 Å². The van der Waals surface area contributed by atoms with Gasteiger partial charge in [-0.2, -0.15) is 0 Å². The van der Waals surface area contributed by atoms with Crippen LogP contribution in [0.2, 0.25) is 0 Å². The summed E-state index contributed by atoms with van der Waals surface area (Å²) in [5.74, 6) is 0.156. The number of hydrogen-bond donors (Lipinski definition) is 6. The highest BCUT2D eigenvalue weighted by Gasteiger charge is 2.75. The van der Waals surface area contributed by atoms with Crippen molar-refractivity contribution in [3.05, 3.63) is 71.4 Å². The molecule has 8 aliphatic carbocycles. The van der Waals surface area contributed by atoms with Gasteiger partial charge in [-0.05, 0) is 148 Å². The Hall–Kier alpha value is -2.53. The predicted octanol–water partition coefficient (Wildman–Crippen LogP) is 6.99. The lowest BCUT2D eigenvalue weighted by Crippen LogP contribution is -2.69. The Kier molecular flexibility index (Phi) is 11.8. The van der Waals surface area contributed by atoms with Gasteiger partial charge in [-0.1, -0.05) is 75.8 Å². The normalized spacial score (nSPS) is 47.1. The van der Waals surface area contributed by atoms with E-state index in [9.17, 15) is 40.2 Å². The van der Waals surface area contributed by atoms with Crippen molar-refractivity contribution in [1.82, 2.24) is 0 Å². The molecule has 0 spiro atoms. The molecule has 6 N–H and O–H groups in total. The van der Waals surface area contributed by atoms with Crippen LogP contribution in [0.1, 0.15) is 118 Å². The Balaban J connectivity index is 0.000000177. The maximum absolute atomic E-state index is 16.9. The predicted molar refractivity (Wildman–Crippen MR) is 222 cm³/mol. The van der Waals surface area contributed by atoms with Gasteiger partial charge in [0.25, 0.3) is 0 Å². The van der Waals surface area contributed by atoms with Gasteiger partial charge in [0.1, 0.15) is 12.2 Å². The van der Waals surface area contributed by atoms with Crippen LogP contribution in [0.15, 0.2) is 71.4 Å². The largest absolute Gasteiger partial charge is 0.393 e. The molecular formula is C49H69FO8. The molecule has 7 saturated carbocycles. The lowest BCUT2D eigenvalue weighted by atomic mass is 9.44. The molecule has 15 atom stereocenters. The highest BCUT2D eigenvalue weighted by Crippen LogP contribution is 2.70. The van der Waals surface area contributed by atoms with E-state index in [1.807, 2.05) is 0 Å². The molecule has 0 heterocycles. The molecule has 8 nitrogen and oxygen atoms in total. The number of hydrogen-bond acceptors (Lipinski definition) is 8. The molecule has 0 amide bonds. The third-order valence-electron chi connectivity index (χ3n) is 17.4. The van der Waals surface area contributed by atoms with Gasteiger partial charge >= 0.3 is 0 Å². The summed E-state index contributed by atoms with van der Waals surface area (Å²) in [6, 6.07) is 0. The van der Waals surface area contributed by atoms with Crippen LogP contribution < -0.4 is 0 Å². The van der Waals surface area contributed by atoms with Crippen LogP contribution in [0.25, 0.3) is 0 Å². The minimum Gasteiger partial charge on any atom is -0.393 e. The monoisotopic (exact) mass is 804 g/mol. The standard InChI is InChI=1S/C27H40O3.C22H29FO5/c1-17(6-13-25(29)20-8-9-20)23-11-12-24-19(5-4-14-27(23,24)3)7-10-21-15-22(28)16-26(30)18(21)2;1-12-8-16-15-5-4-13-9-14(25)6-7-19(13,2)21(15,23)17(26)10-20(16,3)22(12,28)18(27)11-24/h6-7,10,13,17,20,22-26,28-30H,2,4-5,8-9,11-12,14-16H2,1,3H3;6-7,9,12,15-17,24,26,28H,4-5,8,10-11H2,1-3H3/b13-6+,19-7+,21-10-;/t17-,22-,23-,24+,25-,26+,27-;12-,15-,16-,17-,19-,20-,21-,22-/m10/s1. The van der Waals surface area contributed by atoms with E-state index in [1.54, 1.807) is 26.8 Å². The molecule has 0 bridgehead atoms. The number of ketones is 2. The van der Waals surface area contributed by atoms with Gasteiger partial charge in [0.2, 0.25) is 0 Å². The fourth-order valence-corrected chi connectivity index (χ4v) is 13.9. The topological polar surface area (TPSA) is 156 Å². The number of Topliss-reactive ketones (excluding diaryl/α,β-unsaturated/α-hetero) is 1. The van der Waals surface area contributed by atoms with E-state index in [-0.39, 0.29) is 24.2 Å². The van der Waals surface area contributed by atoms with Crippen LogP contribution in [0.5, 0.6) is 0 Å². The molecule has 58 heavy (non-hydrogen) atoms. The number of rotatable bonds is 7. The van der Waals surface area contributed by atoms with Crippen LogP contribution in [-0.2, 0) is 9.59 Å². The number of halogens is 1. The van der Waals surface area contributed by atoms with Crippen molar-refractivity contribution in [1.29, 1.82) is 0 Å². The van der Waals surface area contributed by atoms with Gasteiger partial charge in [0.15, 0.2) is 17.2 Å². The molecular weight excluding hydrogens is 736 g/mol. The Bertz CT molecular complexity index is 1810. The number of aliphatic hydroxyl groups excluding tert-OH is 5. The molecule has 0 saturated heterocycles. The lowest BCUT2D eigenvalue weighted by Gasteiger charge is -2.62. The van der Waals surface area contributed by atoms with Crippen molar-refractivity contribution in [3.8, 4) is 0 Å². The number of allylic oxidation sites excluding steroid dienone is 8. The van der Waals surface area contributed by atoms with Crippen LogP contribution >= 0.6 is 0 Å². The number of carbonyl (C=O) groups excluding carboxylic acids is 2. The Labute approximate surface area is 344 Å². The smallest absolute Gasteiger partial charge is 0.190 e. The zero-order valence-electron chi connectivity index (χ0n) is 35.4. The fraction of sp³-hybridized carbons (Fsp3) is 0.714. The van der Waals surface area contributed by atoms with Crippen molar-refractivity contribution < 1.29 is 44.6 Å². The molecule has 0 aliphatic heterocycles. The van der Waals surface area contributed by atoms with Crippen molar-refractivity contribution >= 4 is 11.6 Å². The van der Waals surface area contributed by atoms with Gasteiger partial charge in [0.05, 0.1) is 24.4 Å². The fourth-order valence-electron chi connectivity index (χ4n) is 13.9. The van der Waals surface area contributed by atoms with E-state index in [0.29, 0.717) is 66.8 Å². The first-order valence-corrected chi connectivity index (χ1v) is 22.2. The van der Waals surface area contributed by atoms with Crippen LogP contribution in [0.4, 0.5) is 4.39 Å². The minimum atomic E-state index is -1.98. The molecule has 8 aliphatic rings. The van der Waals surface area contributed by atoms with Crippen molar-refractivity contribution in [2.45, 2.75) is 154 Å². The molecule has 0 aromatic carbocycles. The van der Waals surface area contributed by atoms with Gasteiger partial charge in [-0.25, -0.2) is 4.39 Å². The second-order valence-corrected chi connectivity index (χ2v) is 20.5. The number of aliphatic hydroxyl groups is 6. The van der Waals surface area contributed by atoms with E-state index in [0.717, 1.165) is 17.6 Å². The average molecular weight is 805 g/mol. The Morgan fingerprint density at radius 1 is 1.02 bits per heavy atom. The second-order valence-electron chi connectivity index (χ2n) is 20.5. The summed E-state index contributed by atoms with van der Waals surface area (Å²) in [5.41, 5.74) is -1.54. The molecule has 0 aromatic rings. The molecule has 0 aromatic heterocycles. The van der Waals surface area contributed by atoms with Crippen LogP contribution in [-0.4, -0.2) is 84.5 Å². The Morgan fingerprint density at radius 3 is 2.43 bits per heavy atom. The summed E-state index contributed by atoms with van der Waals surface area (Å²) < 4.78 is 16.9. The van der Waals surface area contributed by atoms with Gasteiger partial charge < -0.3 is 30.6 Å². The summed E-state index contributed by atoms with van der Waals surface area (Å²) in [6.45, 7) is 13.4. The first-order valence-electron chi connectivity index (χ1n) is 22.2. The lowest BCUT2D eigenvalue weighted by molar-refractivity contribution is -0.219. The van der Waals surface area contributed by atoms with Gasteiger partial charge in [0, 0.05) is 23.2 Å². The van der Waals surface area contributed by atoms with E-state index in [2.05, 4.69) is 44.7 Å². The second kappa shape index (κ2) is 15.7. The van der Waals surface area contributed by atoms with E-state index < -0.39 is 64.6 Å². The highest BCUT2D eigenvalue weighted by atomic mass is 19.1. The summed E-state index contributed by atoms with van der Waals surface area (Å²) in [4.78, 5) is 24.4. The number of alkyl halides is 1. The van der Waals surface area contributed by atoms with Crippen molar-refractivity contribution in [3.63, 3.8) is 0 Å². The van der Waals surface area contributed by atoms with Gasteiger partial charge in [-0.15, -0.1) is 0 Å². The summed E-state index contributed by atoms with van der Waals surface area (Å²) >= 11 is 0. The number of carbonyl (C=O) groups is 2. The van der Waals surface area contributed by atoms with E-state index >= 15 is 4.39 Å². The van der Waals surface area contributed by atoms with Crippen LogP contribution in [0.3, 0.4) is 0 Å². The molecule has 0 unspecified atom stereocenters. The molecule has 9 heteroatoms. The zero-order chi connectivity index (χ0) is 42.2. The average Bonchev–Trinajstić information content (AvgIpc) is 3.94. The van der Waals surface area contributed by atoms with E-state index in [1.165, 1.54) is 56.3 Å². The minimum absolute atomic E-state index is 0.0676.